The predicted molar refractivity (Wildman–Crippen MR) is 125 cm³/mol. The summed E-state index contributed by atoms with van der Waals surface area (Å²) in [5.74, 6) is 0.569. The number of nitriles is 1. The molecule has 2 aromatic heterocycles. The first-order chi connectivity index (χ1) is 16.5. The van der Waals surface area contributed by atoms with Crippen LogP contribution in [-0.2, 0) is 16.4 Å². The van der Waals surface area contributed by atoms with Gasteiger partial charge in [0.05, 0.1) is 35.0 Å². The molecular formula is C24H25F3N4O3S. The Morgan fingerprint density at radius 3 is 2.51 bits per heavy atom. The molecule has 7 nitrogen and oxygen atoms in total. The summed E-state index contributed by atoms with van der Waals surface area (Å²) in [6.07, 6.45) is -0.0445. The third-order valence-electron chi connectivity index (χ3n) is 6.42. The zero-order chi connectivity index (χ0) is 25.5. The second-order valence-corrected chi connectivity index (χ2v) is 10.3. The van der Waals surface area contributed by atoms with Gasteiger partial charge in [0.25, 0.3) is 0 Å². The molecule has 1 aliphatic rings. The Morgan fingerprint density at radius 1 is 1.31 bits per heavy atom. The van der Waals surface area contributed by atoms with Crippen molar-refractivity contribution >= 4 is 20.9 Å². The molecule has 1 aromatic carbocycles. The fourth-order valence-corrected chi connectivity index (χ4v) is 5.43. The van der Waals surface area contributed by atoms with Gasteiger partial charge in [-0.15, -0.1) is 0 Å². The van der Waals surface area contributed by atoms with Gasteiger partial charge in [0, 0.05) is 12.2 Å². The number of rotatable bonds is 7. The maximum absolute atomic E-state index is 12.9. The number of ether oxygens (including phenoxy) is 1. The van der Waals surface area contributed by atoms with Gasteiger partial charge in [-0.25, -0.2) is 8.42 Å². The lowest BCUT2D eigenvalue weighted by molar-refractivity contribution is -0.147. The number of halogens is 3. The van der Waals surface area contributed by atoms with Crippen molar-refractivity contribution in [2.75, 3.05) is 7.11 Å². The Balaban J connectivity index is 1.87. The number of alkyl halides is 3. The maximum Gasteiger partial charge on any atom is 0.404 e. The number of methoxy groups -OCH3 is 1. The Hall–Kier alpha value is -3.10. The van der Waals surface area contributed by atoms with E-state index < -0.39 is 27.1 Å². The van der Waals surface area contributed by atoms with Crippen LogP contribution in [-0.4, -0.2) is 37.3 Å². The molecule has 0 spiro atoms. The molecular weight excluding hydrogens is 481 g/mol. The highest BCUT2D eigenvalue weighted by Crippen LogP contribution is 2.45. The summed E-state index contributed by atoms with van der Waals surface area (Å²) in [4.78, 5) is 3.88. The quantitative estimate of drug-likeness (QED) is 0.481. The van der Waals surface area contributed by atoms with E-state index in [2.05, 4.69) is 15.6 Å². The van der Waals surface area contributed by atoms with Crippen molar-refractivity contribution in [3.63, 3.8) is 0 Å². The molecule has 1 N–H and O–H groups in total. The standard InChI is InChI=1S/C24H25F3N4O3S/c1-4-15-10-20-22(21(11-15)34-3)18(12-28)23(31(20)16-6-5-7-16)19-9-8-17(13-29-19)35(32,33)30-14(2)24(25,26)27/h8-11,13-14,16,30H,4-7H2,1-3H3. The van der Waals surface area contributed by atoms with Gasteiger partial charge in [0.15, 0.2) is 0 Å². The van der Waals surface area contributed by atoms with Crippen LogP contribution in [0.4, 0.5) is 13.2 Å². The topological polar surface area (TPSA) is 97.0 Å². The van der Waals surface area contributed by atoms with E-state index in [4.69, 9.17) is 4.74 Å². The summed E-state index contributed by atoms with van der Waals surface area (Å²) in [6.45, 7) is 2.76. The summed E-state index contributed by atoms with van der Waals surface area (Å²) < 4.78 is 72.8. The first kappa shape index (κ1) is 25.0. The summed E-state index contributed by atoms with van der Waals surface area (Å²) in [6, 6.07) is 6.71. The van der Waals surface area contributed by atoms with Crippen LogP contribution in [0.5, 0.6) is 5.75 Å². The lowest BCUT2D eigenvalue weighted by Crippen LogP contribution is -2.42. The van der Waals surface area contributed by atoms with Crippen LogP contribution in [0.3, 0.4) is 0 Å². The third-order valence-corrected chi connectivity index (χ3v) is 7.95. The van der Waals surface area contributed by atoms with E-state index in [-0.39, 0.29) is 6.04 Å². The minimum Gasteiger partial charge on any atom is -0.496 e. The van der Waals surface area contributed by atoms with E-state index in [1.54, 1.807) is 11.8 Å². The van der Waals surface area contributed by atoms with Crippen molar-refractivity contribution in [1.82, 2.24) is 14.3 Å². The minimum absolute atomic E-state index is 0.144. The third kappa shape index (κ3) is 4.48. The lowest BCUT2D eigenvalue weighted by Gasteiger charge is -2.30. The summed E-state index contributed by atoms with van der Waals surface area (Å²) >= 11 is 0. The first-order valence-corrected chi connectivity index (χ1v) is 12.7. The zero-order valence-corrected chi connectivity index (χ0v) is 20.3. The smallest absolute Gasteiger partial charge is 0.404 e. The van der Waals surface area contributed by atoms with Gasteiger partial charge in [-0.05, 0) is 62.4 Å². The first-order valence-electron chi connectivity index (χ1n) is 11.2. The molecule has 1 fully saturated rings. The Bertz CT molecular complexity index is 1400. The molecule has 0 aliphatic heterocycles. The number of sulfonamides is 1. The highest BCUT2D eigenvalue weighted by Gasteiger charge is 2.39. The molecule has 186 valence electrons. The van der Waals surface area contributed by atoms with E-state index in [0.29, 0.717) is 28.1 Å². The number of aromatic nitrogens is 2. The highest BCUT2D eigenvalue weighted by atomic mass is 32.2. The average molecular weight is 507 g/mol. The average Bonchev–Trinajstić information content (AvgIpc) is 3.10. The molecule has 2 heterocycles. The van der Waals surface area contributed by atoms with Crippen molar-refractivity contribution in [3.8, 4) is 23.2 Å². The van der Waals surface area contributed by atoms with Crippen molar-refractivity contribution in [2.24, 2.45) is 0 Å². The van der Waals surface area contributed by atoms with Crippen LogP contribution in [0.15, 0.2) is 35.4 Å². The van der Waals surface area contributed by atoms with Crippen molar-refractivity contribution in [2.45, 2.75) is 62.7 Å². The molecule has 35 heavy (non-hydrogen) atoms. The normalized spacial score (nSPS) is 15.6. The monoisotopic (exact) mass is 506 g/mol. The molecule has 3 aromatic rings. The van der Waals surface area contributed by atoms with E-state index in [1.165, 1.54) is 12.1 Å². The van der Waals surface area contributed by atoms with Crippen LogP contribution in [0, 0.1) is 11.3 Å². The van der Waals surface area contributed by atoms with Gasteiger partial charge in [0.1, 0.15) is 22.8 Å². The Morgan fingerprint density at radius 2 is 2.03 bits per heavy atom. The van der Waals surface area contributed by atoms with Gasteiger partial charge >= 0.3 is 6.18 Å². The largest absolute Gasteiger partial charge is 0.496 e. The van der Waals surface area contributed by atoms with Crippen LogP contribution in [0.2, 0.25) is 0 Å². The van der Waals surface area contributed by atoms with E-state index in [0.717, 1.165) is 49.9 Å². The molecule has 4 rings (SSSR count). The van der Waals surface area contributed by atoms with Gasteiger partial charge in [-0.3, -0.25) is 4.98 Å². The molecule has 1 atom stereocenters. The number of benzene rings is 1. The number of fused-ring (bicyclic) bond motifs is 1. The van der Waals surface area contributed by atoms with Crippen LogP contribution in [0.25, 0.3) is 22.3 Å². The van der Waals surface area contributed by atoms with Gasteiger partial charge < -0.3 is 9.30 Å². The second-order valence-electron chi connectivity index (χ2n) is 8.60. The zero-order valence-electron chi connectivity index (χ0n) is 19.5. The fraction of sp³-hybridized carbons (Fsp3) is 0.417. The fourth-order valence-electron chi connectivity index (χ4n) is 4.25. The number of pyridine rings is 1. The van der Waals surface area contributed by atoms with E-state index >= 15 is 0 Å². The number of nitrogens with zero attached hydrogens (tertiary/aromatic N) is 3. The molecule has 1 unspecified atom stereocenters. The highest BCUT2D eigenvalue weighted by molar-refractivity contribution is 7.89. The number of aryl methyl sites for hydroxylation is 1. The minimum atomic E-state index is -4.72. The lowest BCUT2D eigenvalue weighted by atomic mass is 9.92. The summed E-state index contributed by atoms with van der Waals surface area (Å²) in [5.41, 5.74) is 3.14. The van der Waals surface area contributed by atoms with Crippen LogP contribution >= 0.6 is 0 Å². The van der Waals surface area contributed by atoms with E-state index in [1.807, 2.05) is 19.1 Å². The summed E-state index contributed by atoms with van der Waals surface area (Å²) in [7, 11) is -2.90. The molecule has 0 amide bonds. The number of nitrogens with one attached hydrogen (secondary N) is 1. The molecule has 1 saturated carbocycles. The van der Waals surface area contributed by atoms with Gasteiger partial charge in [0.2, 0.25) is 10.0 Å². The summed E-state index contributed by atoms with van der Waals surface area (Å²) in [5, 5.41) is 10.8. The van der Waals surface area contributed by atoms with Crippen LogP contribution < -0.4 is 9.46 Å². The molecule has 0 radical (unpaired) electrons. The molecule has 1 aliphatic carbocycles. The van der Waals surface area contributed by atoms with E-state index in [9.17, 15) is 26.9 Å². The second kappa shape index (κ2) is 9.17. The number of hydrogen-bond acceptors (Lipinski definition) is 5. The predicted octanol–water partition coefficient (Wildman–Crippen LogP) is 5.10. The van der Waals surface area contributed by atoms with Crippen LogP contribution in [0.1, 0.15) is 50.3 Å². The SMILES string of the molecule is CCc1cc(OC)c2c(C#N)c(-c3ccc(S(=O)(=O)NC(C)C(F)(F)F)cn3)n(C3CCC3)c2c1. The van der Waals surface area contributed by atoms with Gasteiger partial charge in [-0.1, -0.05) is 6.92 Å². The van der Waals surface area contributed by atoms with Crippen molar-refractivity contribution in [3.05, 3.63) is 41.6 Å². The van der Waals surface area contributed by atoms with Crippen molar-refractivity contribution < 1.29 is 26.3 Å². The molecule has 0 saturated heterocycles. The Labute approximate surface area is 201 Å². The maximum atomic E-state index is 12.9. The molecule has 11 heteroatoms. The number of hydrogen-bond donors (Lipinski definition) is 1. The van der Waals surface area contributed by atoms with Gasteiger partial charge in [-0.2, -0.15) is 23.2 Å². The Kier molecular flexibility index (Phi) is 6.55. The molecule has 0 bridgehead atoms. The van der Waals surface area contributed by atoms with Crippen molar-refractivity contribution in [1.29, 1.82) is 5.26 Å².